The number of hydrogen-bond donors (Lipinski definition) is 2. The van der Waals surface area contributed by atoms with Crippen molar-refractivity contribution in [3.05, 3.63) is 0 Å². The molecule has 0 aliphatic heterocycles. The van der Waals surface area contributed by atoms with Gasteiger partial charge in [-0.15, -0.1) is 0 Å². The van der Waals surface area contributed by atoms with Crippen molar-refractivity contribution in [1.29, 1.82) is 0 Å². The summed E-state index contributed by atoms with van der Waals surface area (Å²) in [5.41, 5.74) is 1.38. The number of amides is 1. The molecular weight excluding hydrogens is 170 g/mol. The van der Waals surface area contributed by atoms with Crippen LogP contribution in [0.15, 0.2) is 0 Å². The van der Waals surface area contributed by atoms with Crippen molar-refractivity contribution in [2.24, 2.45) is 5.84 Å². The Labute approximate surface area is 68.0 Å². The maximum atomic E-state index is 12.6. The van der Waals surface area contributed by atoms with Gasteiger partial charge in [0.05, 0.1) is 6.10 Å². The third-order valence-electron chi connectivity index (χ3n) is 1.49. The number of carbonyl (C=O) groups excluding carboxylic acids is 1. The molecule has 70 valence electrons. The van der Waals surface area contributed by atoms with Crippen LogP contribution in [0.2, 0.25) is 0 Å². The SMILES string of the molecule is NNC(=O)C(F)(F)COC1CC1. The van der Waals surface area contributed by atoms with E-state index in [1.165, 1.54) is 5.43 Å². The normalized spacial score (nSPS) is 17.6. The van der Waals surface area contributed by atoms with Gasteiger partial charge in [-0.3, -0.25) is 10.2 Å². The summed E-state index contributed by atoms with van der Waals surface area (Å²) in [6.07, 6.45) is 1.49. The second-order valence-corrected chi connectivity index (χ2v) is 2.69. The van der Waals surface area contributed by atoms with Crippen molar-refractivity contribution in [2.75, 3.05) is 6.61 Å². The lowest BCUT2D eigenvalue weighted by Crippen LogP contribution is -2.46. The van der Waals surface area contributed by atoms with Crippen molar-refractivity contribution in [3.63, 3.8) is 0 Å². The fourth-order valence-corrected chi connectivity index (χ4v) is 0.628. The molecule has 3 N–H and O–H groups in total. The summed E-state index contributed by atoms with van der Waals surface area (Å²) in [5, 5.41) is 0. The molecule has 0 aromatic heterocycles. The van der Waals surface area contributed by atoms with E-state index in [1.807, 2.05) is 0 Å². The third-order valence-corrected chi connectivity index (χ3v) is 1.49. The quantitative estimate of drug-likeness (QED) is 0.357. The standard InChI is InChI=1S/C6H10F2N2O2/c7-6(8,5(11)10-9)3-12-4-1-2-4/h4H,1-3,9H2,(H,10,11). The van der Waals surface area contributed by atoms with Gasteiger partial charge in [-0.2, -0.15) is 8.78 Å². The van der Waals surface area contributed by atoms with Gasteiger partial charge < -0.3 is 4.74 Å². The molecule has 12 heavy (non-hydrogen) atoms. The Kier molecular flexibility index (Phi) is 2.58. The zero-order valence-corrected chi connectivity index (χ0v) is 6.35. The molecule has 0 unspecified atom stereocenters. The number of halogens is 2. The van der Waals surface area contributed by atoms with E-state index in [2.05, 4.69) is 10.6 Å². The van der Waals surface area contributed by atoms with Gasteiger partial charge in [0.2, 0.25) is 0 Å². The fraction of sp³-hybridized carbons (Fsp3) is 0.833. The highest BCUT2D eigenvalue weighted by Gasteiger charge is 2.40. The summed E-state index contributed by atoms with van der Waals surface area (Å²) in [4.78, 5) is 10.4. The van der Waals surface area contributed by atoms with Gasteiger partial charge in [-0.25, -0.2) is 5.84 Å². The lowest BCUT2D eigenvalue weighted by molar-refractivity contribution is -0.155. The molecule has 1 rings (SSSR count). The number of rotatable bonds is 4. The van der Waals surface area contributed by atoms with Crippen LogP contribution in [-0.4, -0.2) is 24.5 Å². The average molecular weight is 180 g/mol. The minimum atomic E-state index is -3.52. The van der Waals surface area contributed by atoms with E-state index < -0.39 is 18.4 Å². The number of nitrogens with two attached hydrogens (primary N) is 1. The predicted octanol–water partition coefficient (Wildman–Crippen LogP) is -0.209. The van der Waals surface area contributed by atoms with Crippen molar-refractivity contribution in [2.45, 2.75) is 24.9 Å². The van der Waals surface area contributed by atoms with Crippen LogP contribution in [0.3, 0.4) is 0 Å². The molecule has 1 aliphatic carbocycles. The van der Waals surface area contributed by atoms with Crippen molar-refractivity contribution < 1.29 is 18.3 Å². The number of ether oxygens (including phenoxy) is 1. The summed E-state index contributed by atoms with van der Waals surface area (Å²) in [7, 11) is 0. The maximum absolute atomic E-state index is 12.6. The number of carbonyl (C=O) groups is 1. The molecule has 0 heterocycles. The zero-order chi connectivity index (χ0) is 9.19. The lowest BCUT2D eigenvalue weighted by Gasteiger charge is -2.13. The molecule has 1 saturated carbocycles. The Hall–Kier alpha value is -0.750. The van der Waals surface area contributed by atoms with Crippen LogP contribution in [0.25, 0.3) is 0 Å². The van der Waals surface area contributed by atoms with E-state index >= 15 is 0 Å². The lowest BCUT2D eigenvalue weighted by atomic mass is 10.3. The third kappa shape index (κ3) is 2.38. The monoisotopic (exact) mass is 180 g/mol. The van der Waals surface area contributed by atoms with Gasteiger partial charge in [0, 0.05) is 0 Å². The topological polar surface area (TPSA) is 64.3 Å². The molecule has 1 fully saturated rings. The summed E-state index contributed by atoms with van der Waals surface area (Å²) in [5.74, 6) is -0.482. The summed E-state index contributed by atoms with van der Waals surface area (Å²) < 4.78 is 29.9. The van der Waals surface area contributed by atoms with Crippen molar-refractivity contribution in [3.8, 4) is 0 Å². The second kappa shape index (κ2) is 3.32. The van der Waals surface area contributed by atoms with Crippen LogP contribution in [0.5, 0.6) is 0 Å². The summed E-state index contributed by atoms with van der Waals surface area (Å²) >= 11 is 0. The Morgan fingerprint density at radius 2 is 2.25 bits per heavy atom. The summed E-state index contributed by atoms with van der Waals surface area (Å²) in [6.45, 7) is -0.888. The molecule has 4 nitrogen and oxygen atoms in total. The van der Waals surface area contributed by atoms with E-state index in [0.29, 0.717) is 0 Å². The predicted molar refractivity (Wildman–Crippen MR) is 36.3 cm³/mol. The highest BCUT2D eigenvalue weighted by molar-refractivity contribution is 5.82. The first kappa shape index (κ1) is 9.34. The molecule has 6 heteroatoms. The molecule has 1 amide bonds. The van der Waals surface area contributed by atoms with Gasteiger partial charge in [0.1, 0.15) is 6.61 Å². The summed E-state index contributed by atoms with van der Waals surface area (Å²) in [6, 6.07) is 0. The number of alkyl halides is 2. The van der Waals surface area contributed by atoms with Crippen LogP contribution in [-0.2, 0) is 9.53 Å². The van der Waals surface area contributed by atoms with Crippen LogP contribution in [0.4, 0.5) is 8.78 Å². The first-order chi connectivity index (χ1) is 5.56. The van der Waals surface area contributed by atoms with E-state index in [9.17, 15) is 13.6 Å². The number of hydrazine groups is 1. The van der Waals surface area contributed by atoms with Crippen LogP contribution >= 0.6 is 0 Å². The Morgan fingerprint density at radius 3 is 2.67 bits per heavy atom. The largest absolute Gasteiger partial charge is 0.371 e. The van der Waals surface area contributed by atoms with Gasteiger partial charge >= 0.3 is 11.8 Å². The fourth-order valence-electron chi connectivity index (χ4n) is 0.628. The van der Waals surface area contributed by atoms with Crippen LogP contribution in [0, 0.1) is 0 Å². The highest BCUT2D eigenvalue weighted by atomic mass is 19.3. The highest BCUT2D eigenvalue weighted by Crippen LogP contribution is 2.26. The van der Waals surface area contributed by atoms with Gasteiger partial charge in [0.25, 0.3) is 0 Å². The van der Waals surface area contributed by atoms with Gasteiger partial charge in [-0.05, 0) is 12.8 Å². The minimum absolute atomic E-state index is 0.0959. The van der Waals surface area contributed by atoms with E-state index in [4.69, 9.17) is 0 Å². The number of hydrogen-bond acceptors (Lipinski definition) is 3. The smallest absolute Gasteiger partial charge is 0.348 e. The van der Waals surface area contributed by atoms with Crippen LogP contribution < -0.4 is 11.3 Å². The molecule has 0 aromatic rings. The maximum Gasteiger partial charge on any atom is 0.348 e. The molecule has 0 spiro atoms. The molecule has 1 aliphatic rings. The Morgan fingerprint density at radius 1 is 1.67 bits per heavy atom. The van der Waals surface area contributed by atoms with Gasteiger partial charge in [0.15, 0.2) is 0 Å². The van der Waals surface area contributed by atoms with Crippen LogP contribution in [0.1, 0.15) is 12.8 Å². The molecule has 0 saturated heterocycles. The molecule has 0 aromatic carbocycles. The molecule has 0 atom stereocenters. The Bertz CT molecular complexity index is 182. The zero-order valence-electron chi connectivity index (χ0n) is 6.35. The molecular formula is C6H10F2N2O2. The molecule has 0 bridgehead atoms. The first-order valence-electron chi connectivity index (χ1n) is 3.57. The first-order valence-corrected chi connectivity index (χ1v) is 3.57. The molecule has 0 radical (unpaired) electrons. The number of nitrogens with one attached hydrogen (secondary N) is 1. The van der Waals surface area contributed by atoms with Gasteiger partial charge in [-0.1, -0.05) is 0 Å². The van der Waals surface area contributed by atoms with E-state index in [1.54, 1.807) is 0 Å². The van der Waals surface area contributed by atoms with Crippen molar-refractivity contribution in [1.82, 2.24) is 5.43 Å². The van der Waals surface area contributed by atoms with E-state index in [0.717, 1.165) is 12.8 Å². The average Bonchev–Trinajstić information content (AvgIpc) is 2.82. The second-order valence-electron chi connectivity index (χ2n) is 2.69. The van der Waals surface area contributed by atoms with Crippen molar-refractivity contribution >= 4 is 5.91 Å². The Balaban J connectivity index is 2.29. The minimum Gasteiger partial charge on any atom is -0.371 e. The van der Waals surface area contributed by atoms with E-state index in [-0.39, 0.29) is 6.10 Å².